The van der Waals surface area contributed by atoms with Crippen LogP contribution in [0.2, 0.25) is 0 Å². The molecule has 2 aromatic rings. The molecule has 5 nitrogen and oxygen atoms in total. The minimum atomic E-state index is -0.327. The first kappa shape index (κ1) is 15.9. The summed E-state index contributed by atoms with van der Waals surface area (Å²) in [4.78, 5) is 21.1. The second-order valence-electron chi connectivity index (χ2n) is 5.49. The lowest BCUT2D eigenvalue weighted by molar-refractivity contribution is 0.0767. The van der Waals surface area contributed by atoms with Crippen molar-refractivity contribution in [2.45, 2.75) is 19.8 Å². The van der Waals surface area contributed by atoms with Crippen LogP contribution in [-0.2, 0) is 6.42 Å². The van der Waals surface area contributed by atoms with Crippen molar-refractivity contribution < 1.29 is 9.18 Å². The van der Waals surface area contributed by atoms with Crippen LogP contribution in [0, 0.1) is 5.82 Å². The van der Waals surface area contributed by atoms with Gasteiger partial charge in [-0.15, -0.1) is 0 Å². The number of aromatic nitrogens is 2. The summed E-state index contributed by atoms with van der Waals surface area (Å²) in [6.45, 7) is 4.98. The van der Waals surface area contributed by atoms with E-state index in [0.29, 0.717) is 18.7 Å². The predicted octanol–water partition coefficient (Wildman–Crippen LogP) is 2.59. The van der Waals surface area contributed by atoms with E-state index in [1.54, 1.807) is 12.1 Å². The fourth-order valence-corrected chi connectivity index (χ4v) is 3.40. The maximum absolute atomic E-state index is 13.0. The number of anilines is 1. The highest BCUT2D eigenvalue weighted by Gasteiger charge is 2.22. The minimum Gasteiger partial charge on any atom is -0.345 e. The van der Waals surface area contributed by atoms with E-state index in [4.69, 9.17) is 0 Å². The number of hydrogen-bond donors (Lipinski definition) is 0. The topological polar surface area (TPSA) is 49.3 Å². The first-order valence-electron chi connectivity index (χ1n) is 7.79. The molecular formula is C16H19FN4OS. The van der Waals surface area contributed by atoms with E-state index in [1.165, 1.54) is 23.7 Å². The molecule has 3 rings (SSSR count). The highest BCUT2D eigenvalue weighted by molar-refractivity contribution is 7.09. The molecule has 0 bridgehead atoms. The largest absolute Gasteiger partial charge is 0.345 e. The second kappa shape index (κ2) is 7.04. The molecule has 0 spiro atoms. The van der Waals surface area contributed by atoms with Crippen molar-refractivity contribution in [3.8, 4) is 0 Å². The molecule has 0 N–H and O–H groups in total. The molecule has 0 unspecified atom stereocenters. The van der Waals surface area contributed by atoms with Crippen LogP contribution >= 0.6 is 11.5 Å². The van der Waals surface area contributed by atoms with E-state index >= 15 is 0 Å². The molecule has 1 saturated heterocycles. The number of carbonyl (C=O) groups excluding carboxylic acids is 1. The Morgan fingerprint density at radius 1 is 1.22 bits per heavy atom. The van der Waals surface area contributed by atoms with E-state index in [0.717, 1.165) is 36.9 Å². The third kappa shape index (κ3) is 3.67. The number of carbonyl (C=O) groups is 1. The average molecular weight is 334 g/mol. The zero-order chi connectivity index (χ0) is 16.2. The monoisotopic (exact) mass is 334 g/mol. The van der Waals surface area contributed by atoms with Crippen molar-refractivity contribution in [3.63, 3.8) is 0 Å². The lowest BCUT2D eigenvalue weighted by atomic mass is 10.2. The Bertz CT molecular complexity index is 673. The normalized spacial score (nSPS) is 15.6. The van der Waals surface area contributed by atoms with E-state index < -0.39 is 0 Å². The van der Waals surface area contributed by atoms with Crippen LogP contribution in [0.15, 0.2) is 24.3 Å². The molecular weight excluding hydrogens is 315 g/mol. The number of halogens is 1. The summed E-state index contributed by atoms with van der Waals surface area (Å²) in [6.07, 6.45) is 1.72. The van der Waals surface area contributed by atoms with E-state index in [2.05, 4.69) is 14.3 Å². The molecule has 122 valence electrons. The fraction of sp³-hybridized carbons (Fsp3) is 0.438. The third-order valence-electron chi connectivity index (χ3n) is 3.92. The van der Waals surface area contributed by atoms with Crippen molar-refractivity contribution in [2.24, 2.45) is 0 Å². The molecule has 0 aliphatic carbocycles. The molecule has 1 fully saturated rings. The van der Waals surface area contributed by atoms with Crippen LogP contribution in [0.4, 0.5) is 9.52 Å². The van der Waals surface area contributed by atoms with Gasteiger partial charge in [-0.05, 0) is 30.7 Å². The number of rotatable bonds is 3. The van der Waals surface area contributed by atoms with Crippen LogP contribution in [0.3, 0.4) is 0 Å². The molecule has 0 radical (unpaired) electrons. The molecule has 0 saturated carbocycles. The Kier molecular flexibility index (Phi) is 4.85. The first-order chi connectivity index (χ1) is 11.2. The molecule has 23 heavy (non-hydrogen) atoms. The Balaban J connectivity index is 1.66. The van der Waals surface area contributed by atoms with E-state index in [1.807, 2.05) is 11.8 Å². The summed E-state index contributed by atoms with van der Waals surface area (Å²) in [5.41, 5.74) is 0.532. The second-order valence-corrected chi connectivity index (χ2v) is 6.22. The highest BCUT2D eigenvalue weighted by atomic mass is 32.1. The van der Waals surface area contributed by atoms with Gasteiger partial charge in [0.25, 0.3) is 5.91 Å². The zero-order valence-corrected chi connectivity index (χ0v) is 13.9. The van der Waals surface area contributed by atoms with Crippen LogP contribution in [0.5, 0.6) is 0 Å². The van der Waals surface area contributed by atoms with Crippen molar-refractivity contribution in [3.05, 3.63) is 41.5 Å². The van der Waals surface area contributed by atoms with Gasteiger partial charge in [-0.1, -0.05) is 6.92 Å². The molecule has 1 aromatic carbocycles. The average Bonchev–Trinajstić information content (AvgIpc) is 2.92. The van der Waals surface area contributed by atoms with E-state index in [9.17, 15) is 9.18 Å². The van der Waals surface area contributed by atoms with Crippen LogP contribution in [-0.4, -0.2) is 46.3 Å². The molecule has 1 aromatic heterocycles. The first-order valence-corrected chi connectivity index (χ1v) is 8.57. The van der Waals surface area contributed by atoms with E-state index in [-0.39, 0.29) is 11.7 Å². The van der Waals surface area contributed by atoms with Gasteiger partial charge < -0.3 is 9.80 Å². The Morgan fingerprint density at radius 3 is 2.70 bits per heavy atom. The number of aryl methyl sites for hydroxylation is 1. The number of nitrogens with zero attached hydrogens (tertiary/aromatic N) is 4. The lowest BCUT2D eigenvalue weighted by Crippen LogP contribution is -2.35. The summed E-state index contributed by atoms with van der Waals surface area (Å²) in [5, 5.41) is 0.929. The van der Waals surface area contributed by atoms with Crippen molar-refractivity contribution in [1.29, 1.82) is 0 Å². The van der Waals surface area contributed by atoms with Gasteiger partial charge in [0.05, 0.1) is 0 Å². The highest BCUT2D eigenvalue weighted by Crippen LogP contribution is 2.20. The Labute approximate surface area is 138 Å². The van der Waals surface area contributed by atoms with Gasteiger partial charge in [0.1, 0.15) is 11.6 Å². The minimum absolute atomic E-state index is 0.0432. The van der Waals surface area contributed by atoms with Crippen molar-refractivity contribution in [1.82, 2.24) is 14.3 Å². The van der Waals surface area contributed by atoms with Crippen LogP contribution in [0.25, 0.3) is 0 Å². The quantitative estimate of drug-likeness (QED) is 0.866. The zero-order valence-electron chi connectivity index (χ0n) is 13.0. The van der Waals surface area contributed by atoms with Gasteiger partial charge in [0.2, 0.25) is 5.13 Å². The van der Waals surface area contributed by atoms with Crippen molar-refractivity contribution >= 4 is 22.6 Å². The maximum atomic E-state index is 13.0. The summed E-state index contributed by atoms with van der Waals surface area (Å²) in [5.74, 6) is 0.499. The van der Waals surface area contributed by atoms with Crippen molar-refractivity contribution in [2.75, 3.05) is 31.1 Å². The van der Waals surface area contributed by atoms with Gasteiger partial charge in [-0.25, -0.2) is 9.37 Å². The van der Waals surface area contributed by atoms with Gasteiger partial charge in [-0.3, -0.25) is 4.79 Å². The fourth-order valence-electron chi connectivity index (χ4n) is 2.60. The summed E-state index contributed by atoms with van der Waals surface area (Å²) < 4.78 is 17.3. The van der Waals surface area contributed by atoms with Gasteiger partial charge in [0, 0.05) is 49.7 Å². The van der Waals surface area contributed by atoms with Gasteiger partial charge in [-0.2, -0.15) is 4.37 Å². The third-order valence-corrected chi connectivity index (χ3v) is 4.73. The summed E-state index contributed by atoms with van der Waals surface area (Å²) in [7, 11) is 0. The van der Waals surface area contributed by atoms with Crippen LogP contribution < -0.4 is 4.90 Å². The molecule has 1 aliphatic heterocycles. The SMILES string of the molecule is CCc1nsc(N2CCCN(C(=O)c3ccc(F)cc3)CC2)n1. The number of hydrogen-bond acceptors (Lipinski definition) is 5. The smallest absolute Gasteiger partial charge is 0.253 e. The Hall–Kier alpha value is -2.02. The standard InChI is InChI=1S/C16H19FN4OS/c1-2-14-18-16(23-19-14)21-9-3-8-20(10-11-21)15(22)12-4-6-13(17)7-5-12/h4-7H,2-3,8-11H2,1H3. The van der Waals surface area contributed by atoms with Crippen LogP contribution in [0.1, 0.15) is 29.5 Å². The lowest BCUT2D eigenvalue weighted by Gasteiger charge is -2.21. The summed E-state index contributed by atoms with van der Waals surface area (Å²) >= 11 is 1.42. The number of amides is 1. The molecule has 7 heteroatoms. The Morgan fingerprint density at radius 2 is 2.00 bits per heavy atom. The molecule has 1 aliphatic rings. The molecule has 0 atom stereocenters. The predicted molar refractivity (Wildman–Crippen MR) is 88.4 cm³/mol. The summed E-state index contributed by atoms with van der Waals surface area (Å²) in [6, 6.07) is 5.73. The van der Waals surface area contributed by atoms with Gasteiger partial charge >= 0.3 is 0 Å². The van der Waals surface area contributed by atoms with Gasteiger partial charge in [0.15, 0.2) is 0 Å². The maximum Gasteiger partial charge on any atom is 0.253 e. The number of benzene rings is 1. The molecule has 2 heterocycles. The molecule has 1 amide bonds.